The first-order valence-electron chi connectivity index (χ1n) is 6.00. The maximum Gasteiger partial charge on any atom is 0.220 e. The van der Waals surface area contributed by atoms with Gasteiger partial charge in [-0.3, -0.25) is 4.79 Å². The van der Waals surface area contributed by atoms with Crippen LogP contribution in [0.4, 0.5) is 0 Å². The van der Waals surface area contributed by atoms with Gasteiger partial charge in [0.1, 0.15) is 0 Å². The second kappa shape index (κ2) is 6.83. The van der Waals surface area contributed by atoms with Crippen molar-refractivity contribution in [1.82, 2.24) is 5.32 Å². The van der Waals surface area contributed by atoms with Gasteiger partial charge in [-0.1, -0.05) is 27.7 Å². The minimum absolute atomic E-state index is 0.137. The predicted octanol–water partition coefficient (Wildman–Crippen LogP) is 2.06. The molecule has 0 atom stereocenters. The van der Waals surface area contributed by atoms with E-state index in [-0.39, 0.29) is 11.4 Å². The SMILES string of the molecule is CCC(CC)(CN)NC(=O)CCC(C)C. The van der Waals surface area contributed by atoms with E-state index in [2.05, 4.69) is 33.0 Å². The first kappa shape index (κ1) is 14.4. The van der Waals surface area contributed by atoms with Crippen LogP contribution < -0.4 is 11.1 Å². The van der Waals surface area contributed by atoms with E-state index in [4.69, 9.17) is 5.73 Å². The second-order valence-corrected chi connectivity index (χ2v) is 4.67. The topological polar surface area (TPSA) is 55.1 Å². The number of nitrogens with one attached hydrogen (secondary N) is 1. The van der Waals surface area contributed by atoms with E-state index < -0.39 is 0 Å². The highest BCUT2D eigenvalue weighted by atomic mass is 16.1. The van der Waals surface area contributed by atoms with Crippen LogP contribution >= 0.6 is 0 Å². The highest BCUT2D eigenvalue weighted by Crippen LogP contribution is 2.14. The largest absolute Gasteiger partial charge is 0.349 e. The average Bonchev–Trinajstić information content (AvgIpc) is 2.23. The van der Waals surface area contributed by atoms with Gasteiger partial charge in [0.25, 0.3) is 0 Å². The van der Waals surface area contributed by atoms with E-state index in [9.17, 15) is 4.79 Å². The standard InChI is InChI=1S/C12H26N2O/c1-5-12(6-2,9-13)14-11(15)8-7-10(3)4/h10H,5-9,13H2,1-4H3,(H,14,15). The summed E-state index contributed by atoms with van der Waals surface area (Å²) in [6, 6.07) is 0. The van der Waals surface area contributed by atoms with Gasteiger partial charge in [-0.15, -0.1) is 0 Å². The van der Waals surface area contributed by atoms with Gasteiger partial charge in [0, 0.05) is 13.0 Å². The predicted molar refractivity (Wildman–Crippen MR) is 64.6 cm³/mol. The number of nitrogens with two attached hydrogens (primary N) is 1. The summed E-state index contributed by atoms with van der Waals surface area (Å²) in [6.45, 7) is 8.91. The van der Waals surface area contributed by atoms with Crippen LogP contribution in [0.1, 0.15) is 53.4 Å². The lowest BCUT2D eigenvalue weighted by molar-refractivity contribution is -0.123. The van der Waals surface area contributed by atoms with Crippen LogP contribution in [0.5, 0.6) is 0 Å². The number of rotatable bonds is 7. The van der Waals surface area contributed by atoms with Crippen molar-refractivity contribution in [3.05, 3.63) is 0 Å². The maximum atomic E-state index is 11.7. The molecule has 0 heterocycles. The molecule has 0 aromatic heterocycles. The van der Waals surface area contributed by atoms with Gasteiger partial charge in [-0.05, 0) is 25.2 Å². The molecule has 0 aliphatic carbocycles. The van der Waals surface area contributed by atoms with Crippen molar-refractivity contribution < 1.29 is 4.79 Å². The molecule has 1 amide bonds. The van der Waals surface area contributed by atoms with Crippen LogP contribution in [-0.4, -0.2) is 18.0 Å². The Labute approximate surface area is 93.8 Å². The van der Waals surface area contributed by atoms with Crippen molar-refractivity contribution in [2.75, 3.05) is 6.54 Å². The lowest BCUT2D eigenvalue weighted by Crippen LogP contribution is -2.52. The third kappa shape index (κ3) is 5.17. The molecular formula is C12H26N2O. The van der Waals surface area contributed by atoms with Gasteiger partial charge < -0.3 is 11.1 Å². The normalized spacial score (nSPS) is 11.9. The summed E-state index contributed by atoms with van der Waals surface area (Å²) >= 11 is 0. The lowest BCUT2D eigenvalue weighted by atomic mass is 9.92. The van der Waals surface area contributed by atoms with Gasteiger partial charge >= 0.3 is 0 Å². The Bertz CT molecular complexity index is 178. The molecule has 0 unspecified atom stereocenters. The van der Waals surface area contributed by atoms with Crippen LogP contribution in [0.3, 0.4) is 0 Å². The fourth-order valence-corrected chi connectivity index (χ4v) is 1.54. The Hall–Kier alpha value is -0.570. The molecular weight excluding hydrogens is 188 g/mol. The molecule has 3 N–H and O–H groups in total. The van der Waals surface area contributed by atoms with Crippen LogP contribution in [-0.2, 0) is 4.79 Å². The van der Waals surface area contributed by atoms with E-state index in [0.29, 0.717) is 18.9 Å². The Morgan fingerprint density at radius 3 is 2.20 bits per heavy atom. The summed E-state index contributed by atoms with van der Waals surface area (Å²) in [6.07, 6.45) is 3.35. The minimum Gasteiger partial charge on any atom is -0.349 e. The van der Waals surface area contributed by atoms with Gasteiger partial charge in [0.05, 0.1) is 5.54 Å². The first-order valence-corrected chi connectivity index (χ1v) is 6.00. The molecule has 0 bridgehead atoms. The molecule has 0 rings (SSSR count). The van der Waals surface area contributed by atoms with Crippen LogP contribution in [0.2, 0.25) is 0 Å². The summed E-state index contributed by atoms with van der Waals surface area (Å²) in [5.74, 6) is 0.712. The number of carbonyl (C=O) groups is 1. The molecule has 0 aliphatic rings. The van der Waals surface area contributed by atoms with E-state index in [0.717, 1.165) is 19.3 Å². The Morgan fingerprint density at radius 2 is 1.87 bits per heavy atom. The molecule has 0 aromatic rings. The van der Waals surface area contributed by atoms with Crippen molar-refractivity contribution in [2.45, 2.75) is 58.9 Å². The van der Waals surface area contributed by atoms with Crippen LogP contribution in [0, 0.1) is 5.92 Å². The number of amides is 1. The summed E-state index contributed by atoms with van der Waals surface area (Å²) < 4.78 is 0. The zero-order chi connectivity index (χ0) is 11.9. The molecule has 0 aromatic carbocycles. The fourth-order valence-electron chi connectivity index (χ4n) is 1.54. The summed E-state index contributed by atoms with van der Waals surface area (Å²) in [5, 5.41) is 3.07. The molecule has 3 heteroatoms. The minimum atomic E-state index is -0.186. The quantitative estimate of drug-likeness (QED) is 0.681. The molecule has 0 aliphatic heterocycles. The molecule has 0 saturated carbocycles. The summed E-state index contributed by atoms with van der Waals surface area (Å²) in [5.41, 5.74) is 5.53. The monoisotopic (exact) mass is 214 g/mol. The van der Waals surface area contributed by atoms with Crippen molar-refractivity contribution in [2.24, 2.45) is 11.7 Å². The Morgan fingerprint density at radius 1 is 1.33 bits per heavy atom. The second-order valence-electron chi connectivity index (χ2n) is 4.67. The lowest BCUT2D eigenvalue weighted by Gasteiger charge is -2.31. The third-order valence-electron chi connectivity index (χ3n) is 3.10. The van der Waals surface area contributed by atoms with Gasteiger partial charge in [0.2, 0.25) is 5.91 Å². The highest BCUT2D eigenvalue weighted by Gasteiger charge is 2.25. The molecule has 0 saturated heterocycles. The van der Waals surface area contributed by atoms with Gasteiger partial charge in [-0.25, -0.2) is 0 Å². The molecule has 0 spiro atoms. The summed E-state index contributed by atoms with van der Waals surface area (Å²) in [4.78, 5) is 11.7. The summed E-state index contributed by atoms with van der Waals surface area (Å²) in [7, 11) is 0. The van der Waals surface area contributed by atoms with Gasteiger partial charge in [0.15, 0.2) is 0 Å². The number of carbonyl (C=O) groups excluding carboxylic acids is 1. The zero-order valence-corrected chi connectivity index (χ0v) is 10.6. The Kier molecular flexibility index (Phi) is 6.57. The van der Waals surface area contributed by atoms with Crippen molar-refractivity contribution in [3.63, 3.8) is 0 Å². The zero-order valence-electron chi connectivity index (χ0n) is 10.6. The van der Waals surface area contributed by atoms with Crippen LogP contribution in [0.15, 0.2) is 0 Å². The van der Waals surface area contributed by atoms with E-state index in [1.807, 2.05) is 0 Å². The van der Waals surface area contributed by atoms with E-state index in [1.165, 1.54) is 0 Å². The molecule has 3 nitrogen and oxygen atoms in total. The van der Waals surface area contributed by atoms with Crippen molar-refractivity contribution in [3.8, 4) is 0 Å². The molecule has 0 radical (unpaired) electrons. The van der Waals surface area contributed by atoms with Crippen LogP contribution in [0.25, 0.3) is 0 Å². The van der Waals surface area contributed by atoms with Gasteiger partial charge in [-0.2, -0.15) is 0 Å². The van der Waals surface area contributed by atoms with Crippen molar-refractivity contribution >= 4 is 5.91 Å². The molecule has 90 valence electrons. The van der Waals surface area contributed by atoms with E-state index in [1.54, 1.807) is 0 Å². The fraction of sp³-hybridized carbons (Fsp3) is 0.917. The average molecular weight is 214 g/mol. The Balaban J connectivity index is 4.11. The third-order valence-corrected chi connectivity index (χ3v) is 3.10. The molecule has 0 fully saturated rings. The first-order chi connectivity index (χ1) is 6.99. The molecule has 15 heavy (non-hydrogen) atoms. The highest BCUT2D eigenvalue weighted by molar-refractivity contribution is 5.76. The number of hydrogen-bond acceptors (Lipinski definition) is 2. The van der Waals surface area contributed by atoms with Crippen molar-refractivity contribution in [1.29, 1.82) is 0 Å². The maximum absolute atomic E-state index is 11.7. The number of hydrogen-bond donors (Lipinski definition) is 2. The smallest absolute Gasteiger partial charge is 0.220 e. The van der Waals surface area contributed by atoms with E-state index >= 15 is 0 Å².